The van der Waals surface area contributed by atoms with Gasteiger partial charge >= 0.3 is 0 Å². The van der Waals surface area contributed by atoms with Crippen molar-refractivity contribution in [2.45, 2.75) is 43.4 Å². The van der Waals surface area contributed by atoms with Gasteiger partial charge < -0.3 is 0 Å². The molecule has 3 aromatic rings. The molecule has 2 fully saturated rings. The van der Waals surface area contributed by atoms with Crippen LogP contribution in [0.4, 0.5) is 5.69 Å². The molecule has 2 aliphatic rings. The molecular formula is C31H27NO6. The number of nitro benzene ring substituents is 1. The fourth-order valence-electron chi connectivity index (χ4n) is 6.13. The molecule has 0 spiro atoms. The minimum absolute atomic E-state index is 0.105. The topological polar surface area (TPSA) is 111 Å². The van der Waals surface area contributed by atoms with Gasteiger partial charge in [-0.3, -0.25) is 29.3 Å². The van der Waals surface area contributed by atoms with E-state index in [-0.39, 0.29) is 66.3 Å². The molecule has 3 aromatic carbocycles. The van der Waals surface area contributed by atoms with Gasteiger partial charge in [0.25, 0.3) is 5.69 Å². The molecule has 0 radical (unpaired) electrons. The molecule has 0 aliphatic heterocycles. The van der Waals surface area contributed by atoms with Gasteiger partial charge in [-0.1, -0.05) is 72.8 Å². The van der Waals surface area contributed by atoms with Crippen molar-refractivity contribution in [3.8, 4) is 0 Å². The summed E-state index contributed by atoms with van der Waals surface area (Å²) in [6.07, 6.45) is 0.419. The molecule has 0 aromatic heterocycles. The summed E-state index contributed by atoms with van der Waals surface area (Å²) in [5.74, 6) is -5.38. The first kappa shape index (κ1) is 25.4. The number of nitrogens with zero attached hydrogens (tertiary/aromatic N) is 1. The summed E-state index contributed by atoms with van der Waals surface area (Å²) < 4.78 is 0. The van der Waals surface area contributed by atoms with Crippen LogP contribution in [0, 0.1) is 22.0 Å². The van der Waals surface area contributed by atoms with Crippen molar-refractivity contribution in [2.75, 3.05) is 0 Å². The zero-order valence-corrected chi connectivity index (χ0v) is 20.7. The van der Waals surface area contributed by atoms with Gasteiger partial charge in [-0.05, 0) is 28.5 Å². The minimum atomic E-state index is -1.21. The lowest BCUT2D eigenvalue weighted by molar-refractivity contribution is -0.384. The Hall–Kier alpha value is -4.26. The molecule has 0 saturated heterocycles. The summed E-state index contributed by atoms with van der Waals surface area (Å²) in [6.45, 7) is 0. The van der Waals surface area contributed by atoms with Crippen molar-refractivity contribution < 1.29 is 24.1 Å². The Bertz CT molecular complexity index is 1280. The highest BCUT2D eigenvalue weighted by atomic mass is 16.6. The summed E-state index contributed by atoms with van der Waals surface area (Å²) in [5, 5.41) is 11.5. The first-order valence-electron chi connectivity index (χ1n) is 12.8. The number of non-ortho nitro benzene ring substituents is 1. The Balaban J connectivity index is 1.51. The van der Waals surface area contributed by atoms with Crippen LogP contribution in [0.25, 0.3) is 0 Å². The lowest BCUT2D eigenvalue weighted by Crippen LogP contribution is -2.45. The third-order valence-corrected chi connectivity index (χ3v) is 7.90. The Labute approximate surface area is 220 Å². The molecule has 0 N–H and O–H groups in total. The second-order valence-corrected chi connectivity index (χ2v) is 10.2. The van der Waals surface area contributed by atoms with Crippen LogP contribution in [0.1, 0.15) is 60.1 Å². The summed E-state index contributed by atoms with van der Waals surface area (Å²) in [5.41, 5.74) is 1.85. The van der Waals surface area contributed by atoms with Crippen LogP contribution < -0.4 is 0 Å². The maximum atomic E-state index is 13.6. The fraction of sp³-hybridized carbons (Fsp3) is 0.290. The van der Waals surface area contributed by atoms with Gasteiger partial charge in [0, 0.05) is 43.7 Å². The third-order valence-electron chi connectivity index (χ3n) is 7.90. The van der Waals surface area contributed by atoms with E-state index >= 15 is 0 Å². The van der Waals surface area contributed by atoms with Crippen molar-refractivity contribution in [2.24, 2.45) is 11.8 Å². The van der Waals surface area contributed by atoms with Crippen molar-refractivity contribution in [1.82, 2.24) is 0 Å². The SMILES string of the molecule is O=C1CC(c2ccccc2)CC(=O)C1C(c1cccc([N+](=O)[O-])c1)C1C(=O)CC(c2ccccc2)CC1=O. The number of nitro groups is 1. The Morgan fingerprint density at radius 1 is 0.605 bits per heavy atom. The van der Waals surface area contributed by atoms with E-state index in [0.29, 0.717) is 5.56 Å². The Morgan fingerprint density at radius 3 is 1.42 bits per heavy atom. The highest BCUT2D eigenvalue weighted by Crippen LogP contribution is 2.46. The van der Waals surface area contributed by atoms with E-state index in [0.717, 1.165) is 11.1 Å². The number of Topliss-reactive ketones (excluding diaryl/α,β-unsaturated/α-hetero) is 4. The molecule has 0 unspecified atom stereocenters. The summed E-state index contributed by atoms with van der Waals surface area (Å²) in [7, 11) is 0. The van der Waals surface area contributed by atoms with Crippen molar-refractivity contribution in [1.29, 1.82) is 0 Å². The second kappa shape index (κ2) is 10.6. The van der Waals surface area contributed by atoms with Crippen LogP contribution in [-0.4, -0.2) is 28.1 Å². The molecule has 2 aliphatic carbocycles. The number of ketones is 4. The van der Waals surface area contributed by atoms with Crippen LogP contribution in [-0.2, 0) is 19.2 Å². The third kappa shape index (κ3) is 4.96. The van der Waals surface area contributed by atoms with Crippen LogP contribution >= 0.6 is 0 Å². The molecule has 5 rings (SSSR count). The first-order chi connectivity index (χ1) is 18.3. The normalized spacial score (nSPS) is 24.7. The number of carbonyl (C=O) groups is 4. The standard InChI is InChI=1S/C31H27NO6/c33-25-15-22(19-8-3-1-4-9-19)16-26(34)30(25)29(21-12-7-13-24(14-21)32(37)38)31-27(35)17-23(18-28(31)36)20-10-5-2-6-11-20/h1-14,22-23,29-31H,15-18H2. The van der Waals surface area contributed by atoms with Crippen molar-refractivity contribution >= 4 is 28.8 Å². The smallest absolute Gasteiger partial charge is 0.269 e. The molecule has 192 valence electrons. The molecule has 0 atom stereocenters. The quantitative estimate of drug-likeness (QED) is 0.252. The van der Waals surface area contributed by atoms with Gasteiger partial charge in [-0.25, -0.2) is 0 Å². The zero-order valence-electron chi connectivity index (χ0n) is 20.7. The van der Waals surface area contributed by atoms with E-state index in [2.05, 4.69) is 0 Å². The van der Waals surface area contributed by atoms with Crippen molar-refractivity contribution in [3.63, 3.8) is 0 Å². The van der Waals surface area contributed by atoms with Gasteiger partial charge in [-0.15, -0.1) is 0 Å². The number of hydrogen-bond acceptors (Lipinski definition) is 6. The van der Waals surface area contributed by atoms with Crippen LogP contribution in [0.5, 0.6) is 0 Å². The van der Waals surface area contributed by atoms with Crippen LogP contribution in [0.15, 0.2) is 84.9 Å². The fourth-order valence-corrected chi connectivity index (χ4v) is 6.13. The number of rotatable bonds is 6. The number of benzene rings is 3. The van der Waals surface area contributed by atoms with Gasteiger partial charge in [0.15, 0.2) is 0 Å². The highest BCUT2D eigenvalue weighted by molar-refractivity contribution is 6.11. The first-order valence-corrected chi connectivity index (χ1v) is 12.8. The van der Waals surface area contributed by atoms with Gasteiger partial charge in [0.2, 0.25) is 0 Å². The zero-order chi connectivity index (χ0) is 26.8. The summed E-state index contributed by atoms with van der Waals surface area (Å²) in [4.78, 5) is 65.3. The molecule has 2 saturated carbocycles. The molecule has 38 heavy (non-hydrogen) atoms. The van der Waals surface area contributed by atoms with E-state index < -0.39 is 22.7 Å². The van der Waals surface area contributed by atoms with Crippen LogP contribution in [0.2, 0.25) is 0 Å². The number of hydrogen-bond donors (Lipinski definition) is 0. The molecule has 7 nitrogen and oxygen atoms in total. The predicted octanol–water partition coefficient (Wildman–Crippen LogP) is 5.34. The minimum Gasteiger partial charge on any atom is -0.299 e. The molecular weight excluding hydrogens is 482 g/mol. The van der Waals surface area contributed by atoms with E-state index in [4.69, 9.17) is 0 Å². The molecule has 7 heteroatoms. The highest BCUT2D eigenvalue weighted by Gasteiger charge is 2.50. The predicted molar refractivity (Wildman–Crippen MR) is 140 cm³/mol. The lowest BCUT2D eigenvalue weighted by atomic mass is 9.62. The van der Waals surface area contributed by atoms with Crippen LogP contribution in [0.3, 0.4) is 0 Å². The average Bonchev–Trinajstić information content (AvgIpc) is 2.92. The Kier molecular flexibility index (Phi) is 7.09. The van der Waals surface area contributed by atoms with Gasteiger partial charge in [0.1, 0.15) is 23.1 Å². The Morgan fingerprint density at radius 2 is 1.03 bits per heavy atom. The van der Waals surface area contributed by atoms with E-state index in [1.807, 2.05) is 60.7 Å². The molecule has 0 amide bonds. The van der Waals surface area contributed by atoms with E-state index in [1.165, 1.54) is 18.2 Å². The van der Waals surface area contributed by atoms with E-state index in [1.54, 1.807) is 6.07 Å². The van der Waals surface area contributed by atoms with Gasteiger partial charge in [0.05, 0.1) is 16.8 Å². The van der Waals surface area contributed by atoms with Crippen molar-refractivity contribution in [3.05, 3.63) is 112 Å². The lowest BCUT2D eigenvalue weighted by Gasteiger charge is -2.38. The van der Waals surface area contributed by atoms with Gasteiger partial charge in [-0.2, -0.15) is 0 Å². The maximum Gasteiger partial charge on any atom is 0.269 e. The molecule has 0 bridgehead atoms. The average molecular weight is 510 g/mol. The van der Waals surface area contributed by atoms with E-state index in [9.17, 15) is 29.3 Å². The maximum absolute atomic E-state index is 13.6. The molecule has 0 heterocycles. The monoisotopic (exact) mass is 509 g/mol. The summed E-state index contributed by atoms with van der Waals surface area (Å²) >= 11 is 0. The second-order valence-electron chi connectivity index (χ2n) is 10.2. The largest absolute Gasteiger partial charge is 0.299 e. The number of carbonyl (C=O) groups excluding carboxylic acids is 4. The summed E-state index contributed by atoms with van der Waals surface area (Å²) in [6, 6.07) is 24.3.